The van der Waals surface area contributed by atoms with Crippen LogP contribution in [-0.4, -0.2) is 20.2 Å². The maximum Gasteiger partial charge on any atom is 0.417 e. The van der Waals surface area contributed by atoms with Crippen LogP contribution >= 0.6 is 0 Å². The molecular formula is C10H10F3N5. The van der Waals surface area contributed by atoms with Gasteiger partial charge in [0.1, 0.15) is 18.0 Å². The summed E-state index contributed by atoms with van der Waals surface area (Å²) >= 11 is 0. The van der Waals surface area contributed by atoms with Crippen molar-refractivity contribution in [2.45, 2.75) is 19.1 Å². The molecule has 0 aliphatic heterocycles. The Bertz CT molecular complexity index is 491. The van der Waals surface area contributed by atoms with E-state index in [0.29, 0.717) is 11.6 Å². The summed E-state index contributed by atoms with van der Waals surface area (Å²) in [5.74, 6) is 0.920. The number of nitrogens with one attached hydrogen (secondary N) is 2. The van der Waals surface area contributed by atoms with Gasteiger partial charge < -0.3 is 5.32 Å². The van der Waals surface area contributed by atoms with Crippen molar-refractivity contribution in [1.29, 1.82) is 0 Å². The van der Waals surface area contributed by atoms with Crippen molar-refractivity contribution < 1.29 is 13.2 Å². The van der Waals surface area contributed by atoms with Crippen molar-refractivity contribution in [3.63, 3.8) is 0 Å². The lowest BCUT2D eigenvalue weighted by Crippen LogP contribution is -2.11. The van der Waals surface area contributed by atoms with E-state index < -0.39 is 11.7 Å². The lowest BCUT2D eigenvalue weighted by atomic mass is 10.2. The van der Waals surface area contributed by atoms with Crippen LogP contribution in [0.1, 0.15) is 24.4 Å². The van der Waals surface area contributed by atoms with Crippen LogP contribution in [-0.2, 0) is 6.18 Å². The van der Waals surface area contributed by atoms with Gasteiger partial charge in [-0.1, -0.05) is 0 Å². The number of alkyl halides is 3. The predicted molar refractivity (Wildman–Crippen MR) is 57.7 cm³/mol. The molecule has 1 atom stereocenters. The van der Waals surface area contributed by atoms with E-state index in [1.807, 2.05) is 0 Å². The Morgan fingerprint density at radius 2 is 2.06 bits per heavy atom. The highest BCUT2D eigenvalue weighted by Gasteiger charge is 2.30. The lowest BCUT2D eigenvalue weighted by molar-refractivity contribution is -0.137. The number of nitrogens with zero attached hydrogens (tertiary/aromatic N) is 3. The van der Waals surface area contributed by atoms with Gasteiger partial charge in [-0.15, -0.1) is 0 Å². The Kier molecular flexibility index (Phi) is 3.17. The first-order chi connectivity index (χ1) is 8.47. The van der Waals surface area contributed by atoms with Crippen LogP contribution in [0.15, 0.2) is 24.7 Å². The number of hydrogen-bond acceptors (Lipinski definition) is 4. The van der Waals surface area contributed by atoms with Gasteiger partial charge in [-0.05, 0) is 19.1 Å². The zero-order valence-electron chi connectivity index (χ0n) is 9.36. The minimum Gasteiger partial charge on any atom is -0.360 e. The molecule has 0 aliphatic carbocycles. The molecular weight excluding hydrogens is 247 g/mol. The van der Waals surface area contributed by atoms with E-state index >= 15 is 0 Å². The van der Waals surface area contributed by atoms with Crippen molar-refractivity contribution >= 4 is 5.82 Å². The quantitative estimate of drug-likeness (QED) is 0.886. The zero-order chi connectivity index (χ0) is 13.2. The summed E-state index contributed by atoms with van der Waals surface area (Å²) in [4.78, 5) is 7.63. The second-order valence-corrected chi connectivity index (χ2v) is 3.67. The van der Waals surface area contributed by atoms with Gasteiger partial charge in [0.2, 0.25) is 0 Å². The topological polar surface area (TPSA) is 66.5 Å². The van der Waals surface area contributed by atoms with Crippen molar-refractivity contribution in [3.05, 3.63) is 36.0 Å². The molecule has 18 heavy (non-hydrogen) atoms. The number of rotatable bonds is 3. The molecule has 0 radical (unpaired) electrons. The SMILES string of the molecule is CC(Nc1ccc(C(F)(F)F)cn1)c1ncn[nH]1. The molecule has 0 bridgehead atoms. The normalized spacial score (nSPS) is 13.3. The second kappa shape index (κ2) is 4.63. The van der Waals surface area contributed by atoms with Crippen LogP contribution in [0.3, 0.4) is 0 Å². The van der Waals surface area contributed by atoms with Gasteiger partial charge in [0.15, 0.2) is 0 Å². The van der Waals surface area contributed by atoms with Crippen LogP contribution < -0.4 is 5.32 Å². The maximum atomic E-state index is 12.3. The first kappa shape index (κ1) is 12.3. The van der Waals surface area contributed by atoms with Crippen LogP contribution in [0.4, 0.5) is 19.0 Å². The number of aromatic nitrogens is 4. The third-order valence-electron chi connectivity index (χ3n) is 2.30. The van der Waals surface area contributed by atoms with Gasteiger partial charge in [-0.2, -0.15) is 18.3 Å². The van der Waals surface area contributed by atoms with E-state index in [1.165, 1.54) is 12.4 Å². The first-order valence-corrected chi connectivity index (χ1v) is 5.12. The average molecular weight is 257 g/mol. The van der Waals surface area contributed by atoms with Gasteiger partial charge in [0.05, 0.1) is 11.6 Å². The fraction of sp³-hybridized carbons (Fsp3) is 0.300. The number of H-pyrrole nitrogens is 1. The van der Waals surface area contributed by atoms with Crippen molar-refractivity contribution in [3.8, 4) is 0 Å². The van der Waals surface area contributed by atoms with Crippen LogP contribution in [0.2, 0.25) is 0 Å². The van der Waals surface area contributed by atoms with Gasteiger partial charge in [0.25, 0.3) is 0 Å². The third kappa shape index (κ3) is 2.76. The first-order valence-electron chi connectivity index (χ1n) is 5.12. The molecule has 0 amide bonds. The molecule has 0 saturated heterocycles. The number of anilines is 1. The number of pyridine rings is 1. The summed E-state index contributed by atoms with van der Waals surface area (Å²) in [7, 11) is 0. The van der Waals surface area contributed by atoms with Crippen LogP contribution in [0.25, 0.3) is 0 Å². The van der Waals surface area contributed by atoms with Crippen molar-refractivity contribution in [2.75, 3.05) is 5.32 Å². The highest BCUT2D eigenvalue weighted by molar-refractivity contribution is 5.37. The van der Waals surface area contributed by atoms with E-state index in [2.05, 4.69) is 25.5 Å². The number of aromatic amines is 1. The van der Waals surface area contributed by atoms with Gasteiger partial charge in [-0.25, -0.2) is 9.97 Å². The molecule has 5 nitrogen and oxygen atoms in total. The highest BCUT2D eigenvalue weighted by Crippen LogP contribution is 2.29. The molecule has 1 unspecified atom stereocenters. The fourth-order valence-electron chi connectivity index (χ4n) is 1.36. The fourth-order valence-corrected chi connectivity index (χ4v) is 1.36. The summed E-state index contributed by atoms with van der Waals surface area (Å²) in [5, 5.41) is 9.26. The predicted octanol–water partition coefficient (Wildman–Crippen LogP) is 2.39. The van der Waals surface area contributed by atoms with E-state index in [4.69, 9.17) is 0 Å². The number of halogens is 3. The molecule has 8 heteroatoms. The molecule has 0 fully saturated rings. The molecule has 0 aromatic carbocycles. The van der Waals surface area contributed by atoms with Crippen molar-refractivity contribution in [1.82, 2.24) is 20.2 Å². The Morgan fingerprint density at radius 1 is 1.28 bits per heavy atom. The Balaban J connectivity index is 2.07. The molecule has 2 aromatic rings. The highest BCUT2D eigenvalue weighted by atomic mass is 19.4. The van der Waals surface area contributed by atoms with E-state index in [0.717, 1.165) is 12.3 Å². The summed E-state index contributed by atoms with van der Waals surface area (Å²) < 4.78 is 37.0. The Hall–Kier alpha value is -2.12. The van der Waals surface area contributed by atoms with Crippen LogP contribution in [0.5, 0.6) is 0 Å². The summed E-state index contributed by atoms with van der Waals surface area (Å²) in [6, 6.07) is 2.02. The summed E-state index contributed by atoms with van der Waals surface area (Å²) in [6.07, 6.45) is -2.23. The smallest absolute Gasteiger partial charge is 0.360 e. The molecule has 2 rings (SSSR count). The standard InChI is InChI=1S/C10H10F3N5/c1-6(9-15-5-16-18-9)17-8-3-2-7(4-14-8)10(11,12)13/h2-6H,1H3,(H,14,17)(H,15,16,18). The second-order valence-electron chi connectivity index (χ2n) is 3.67. The largest absolute Gasteiger partial charge is 0.417 e. The molecule has 0 spiro atoms. The Morgan fingerprint density at radius 3 is 2.56 bits per heavy atom. The van der Waals surface area contributed by atoms with Crippen molar-refractivity contribution in [2.24, 2.45) is 0 Å². The summed E-state index contributed by atoms with van der Waals surface area (Å²) in [6.45, 7) is 1.79. The van der Waals surface area contributed by atoms with E-state index in [9.17, 15) is 13.2 Å². The molecule has 2 aromatic heterocycles. The van der Waals surface area contributed by atoms with Gasteiger partial charge in [0, 0.05) is 6.20 Å². The monoisotopic (exact) mass is 257 g/mol. The molecule has 0 aliphatic rings. The Labute approximate surface area is 100 Å². The number of hydrogen-bond donors (Lipinski definition) is 2. The van der Waals surface area contributed by atoms with E-state index in [-0.39, 0.29) is 6.04 Å². The van der Waals surface area contributed by atoms with Crippen LogP contribution in [0, 0.1) is 0 Å². The zero-order valence-corrected chi connectivity index (χ0v) is 9.36. The minimum atomic E-state index is -4.37. The molecule has 2 N–H and O–H groups in total. The minimum absolute atomic E-state index is 0.225. The summed E-state index contributed by atoms with van der Waals surface area (Å²) in [5.41, 5.74) is -0.777. The molecule has 96 valence electrons. The van der Waals surface area contributed by atoms with Gasteiger partial charge in [-0.3, -0.25) is 5.10 Å². The maximum absolute atomic E-state index is 12.3. The lowest BCUT2D eigenvalue weighted by Gasteiger charge is -2.12. The average Bonchev–Trinajstić information content (AvgIpc) is 2.82. The van der Waals surface area contributed by atoms with Gasteiger partial charge >= 0.3 is 6.18 Å². The molecule has 0 saturated carbocycles. The third-order valence-corrected chi connectivity index (χ3v) is 2.30. The molecule has 2 heterocycles. The van der Waals surface area contributed by atoms with E-state index in [1.54, 1.807) is 6.92 Å².